The van der Waals surface area contributed by atoms with Crippen LogP contribution in [0, 0.1) is 11.3 Å². The second-order valence-corrected chi connectivity index (χ2v) is 4.64. The molecule has 0 aliphatic heterocycles. The molecule has 4 heteroatoms. The largest absolute Gasteiger partial charge is 0.392 e. The van der Waals surface area contributed by atoms with E-state index in [-0.39, 0.29) is 10.9 Å². The number of hydrogen-bond acceptors (Lipinski definition) is 2. The fraction of sp³-hybridized carbons (Fsp3) is 0.800. The van der Waals surface area contributed by atoms with E-state index in [9.17, 15) is 4.79 Å². The zero-order valence-corrected chi connectivity index (χ0v) is 9.62. The van der Waals surface area contributed by atoms with Gasteiger partial charge in [0.05, 0.1) is 10.4 Å². The Balaban J connectivity index is 2.49. The minimum atomic E-state index is -0.676. The summed E-state index contributed by atoms with van der Waals surface area (Å²) in [6.45, 7) is 4.50. The predicted molar refractivity (Wildman–Crippen MR) is 60.9 cm³/mol. The topological polar surface area (TPSA) is 55.1 Å². The molecule has 1 aliphatic carbocycles. The van der Waals surface area contributed by atoms with E-state index in [4.69, 9.17) is 18.0 Å². The van der Waals surface area contributed by atoms with Crippen LogP contribution in [0.15, 0.2) is 0 Å². The standard InChI is InChI=1S/C10H18N2OS/c1-3-10(2,8(11)14)9(13)12-6-7-4-5-7/h7H,3-6H2,1-2H3,(H2,11,14)(H,12,13). The normalized spacial score (nSPS) is 19.9. The van der Waals surface area contributed by atoms with Gasteiger partial charge in [-0.1, -0.05) is 19.1 Å². The third kappa shape index (κ3) is 2.44. The van der Waals surface area contributed by atoms with Crippen molar-refractivity contribution in [2.75, 3.05) is 6.54 Å². The summed E-state index contributed by atoms with van der Waals surface area (Å²) < 4.78 is 0. The van der Waals surface area contributed by atoms with Crippen molar-refractivity contribution in [1.29, 1.82) is 0 Å². The molecule has 1 aliphatic rings. The summed E-state index contributed by atoms with van der Waals surface area (Å²) in [5.74, 6) is 0.658. The van der Waals surface area contributed by atoms with Crippen LogP contribution in [-0.2, 0) is 4.79 Å². The average Bonchev–Trinajstić information content (AvgIpc) is 2.95. The maximum Gasteiger partial charge on any atom is 0.232 e. The number of nitrogens with one attached hydrogen (secondary N) is 1. The predicted octanol–water partition coefficient (Wildman–Crippen LogP) is 1.22. The molecule has 1 rings (SSSR count). The van der Waals surface area contributed by atoms with E-state index in [1.54, 1.807) is 6.92 Å². The lowest BCUT2D eigenvalue weighted by Gasteiger charge is -2.25. The highest BCUT2D eigenvalue weighted by atomic mass is 32.1. The summed E-state index contributed by atoms with van der Waals surface area (Å²) in [6.07, 6.45) is 3.12. The Morgan fingerprint density at radius 3 is 2.57 bits per heavy atom. The molecular weight excluding hydrogens is 196 g/mol. The summed E-state index contributed by atoms with van der Waals surface area (Å²) in [7, 11) is 0. The monoisotopic (exact) mass is 214 g/mol. The third-order valence-electron chi connectivity index (χ3n) is 3.00. The summed E-state index contributed by atoms with van der Waals surface area (Å²) >= 11 is 4.92. The molecule has 1 fully saturated rings. The molecule has 0 heterocycles. The van der Waals surface area contributed by atoms with Gasteiger partial charge in [-0.15, -0.1) is 0 Å². The molecule has 1 unspecified atom stereocenters. The second-order valence-electron chi connectivity index (χ2n) is 4.20. The molecule has 80 valence electrons. The summed E-state index contributed by atoms with van der Waals surface area (Å²) in [5, 5.41) is 2.91. The van der Waals surface area contributed by atoms with Crippen LogP contribution in [0.5, 0.6) is 0 Å². The zero-order chi connectivity index (χ0) is 10.8. The van der Waals surface area contributed by atoms with Gasteiger partial charge < -0.3 is 11.1 Å². The minimum Gasteiger partial charge on any atom is -0.392 e. The van der Waals surface area contributed by atoms with Crippen molar-refractivity contribution in [2.24, 2.45) is 17.1 Å². The van der Waals surface area contributed by atoms with Crippen LogP contribution >= 0.6 is 12.2 Å². The maximum absolute atomic E-state index is 11.8. The van der Waals surface area contributed by atoms with E-state index in [0.29, 0.717) is 12.3 Å². The van der Waals surface area contributed by atoms with Gasteiger partial charge in [-0.3, -0.25) is 4.79 Å². The summed E-state index contributed by atoms with van der Waals surface area (Å²) in [5.41, 5.74) is 4.90. The molecule has 1 atom stereocenters. The van der Waals surface area contributed by atoms with Gasteiger partial charge in [0.25, 0.3) is 0 Å². The molecule has 0 aromatic heterocycles. The number of rotatable bonds is 5. The highest BCUT2D eigenvalue weighted by Gasteiger charge is 2.35. The Kier molecular flexibility index (Phi) is 3.48. The number of hydrogen-bond donors (Lipinski definition) is 2. The molecule has 3 nitrogen and oxygen atoms in total. The summed E-state index contributed by atoms with van der Waals surface area (Å²) in [4.78, 5) is 12.1. The molecule has 14 heavy (non-hydrogen) atoms. The van der Waals surface area contributed by atoms with Crippen LogP contribution in [-0.4, -0.2) is 17.4 Å². The lowest BCUT2D eigenvalue weighted by Crippen LogP contribution is -2.47. The molecule has 1 saturated carbocycles. The Morgan fingerprint density at radius 2 is 2.21 bits per heavy atom. The summed E-state index contributed by atoms with van der Waals surface area (Å²) in [6, 6.07) is 0. The van der Waals surface area contributed by atoms with Crippen LogP contribution in [0.25, 0.3) is 0 Å². The van der Waals surface area contributed by atoms with E-state index in [0.717, 1.165) is 6.54 Å². The molecule has 0 aromatic rings. The SMILES string of the molecule is CCC(C)(C(=O)NCC1CC1)C(N)=S. The zero-order valence-electron chi connectivity index (χ0n) is 8.80. The fourth-order valence-corrected chi connectivity index (χ4v) is 1.44. The Labute approximate surface area is 90.4 Å². The molecule has 3 N–H and O–H groups in total. The third-order valence-corrected chi connectivity index (χ3v) is 3.45. The molecule has 0 spiro atoms. The van der Waals surface area contributed by atoms with E-state index < -0.39 is 5.41 Å². The van der Waals surface area contributed by atoms with E-state index >= 15 is 0 Å². The van der Waals surface area contributed by atoms with Crippen molar-refractivity contribution in [3.05, 3.63) is 0 Å². The average molecular weight is 214 g/mol. The molecule has 0 aromatic carbocycles. The Morgan fingerprint density at radius 1 is 1.64 bits per heavy atom. The van der Waals surface area contributed by atoms with Crippen molar-refractivity contribution in [3.63, 3.8) is 0 Å². The quantitative estimate of drug-likeness (QED) is 0.676. The fourth-order valence-electron chi connectivity index (χ4n) is 1.20. The van der Waals surface area contributed by atoms with E-state index in [1.165, 1.54) is 12.8 Å². The van der Waals surface area contributed by atoms with Gasteiger partial charge in [-0.2, -0.15) is 0 Å². The second kappa shape index (κ2) is 4.26. The molecular formula is C10H18N2OS. The van der Waals surface area contributed by atoms with Crippen molar-refractivity contribution in [3.8, 4) is 0 Å². The Hall–Kier alpha value is -0.640. The number of thiocarbonyl (C=S) groups is 1. The van der Waals surface area contributed by atoms with Crippen LogP contribution in [0.2, 0.25) is 0 Å². The lowest BCUT2D eigenvalue weighted by atomic mass is 9.86. The number of carbonyl (C=O) groups excluding carboxylic acids is 1. The highest BCUT2D eigenvalue weighted by molar-refractivity contribution is 7.80. The highest BCUT2D eigenvalue weighted by Crippen LogP contribution is 2.28. The van der Waals surface area contributed by atoms with Crippen LogP contribution in [0.3, 0.4) is 0 Å². The molecule has 0 radical (unpaired) electrons. The minimum absolute atomic E-state index is 0.0283. The number of nitrogens with two attached hydrogens (primary N) is 1. The number of amides is 1. The van der Waals surface area contributed by atoms with Crippen molar-refractivity contribution < 1.29 is 4.79 Å². The van der Waals surface area contributed by atoms with Gasteiger partial charge in [0.2, 0.25) is 5.91 Å². The molecule has 0 bridgehead atoms. The number of carbonyl (C=O) groups is 1. The van der Waals surface area contributed by atoms with Gasteiger partial charge >= 0.3 is 0 Å². The van der Waals surface area contributed by atoms with Gasteiger partial charge in [-0.05, 0) is 32.1 Å². The molecule has 1 amide bonds. The molecule has 0 saturated heterocycles. The van der Waals surface area contributed by atoms with Gasteiger partial charge in [0.15, 0.2) is 0 Å². The van der Waals surface area contributed by atoms with E-state index in [1.807, 2.05) is 6.92 Å². The van der Waals surface area contributed by atoms with E-state index in [2.05, 4.69) is 5.32 Å². The van der Waals surface area contributed by atoms with Crippen LogP contribution < -0.4 is 11.1 Å². The van der Waals surface area contributed by atoms with Crippen LogP contribution in [0.4, 0.5) is 0 Å². The maximum atomic E-state index is 11.8. The first-order valence-corrected chi connectivity index (χ1v) is 5.49. The van der Waals surface area contributed by atoms with Gasteiger partial charge in [-0.25, -0.2) is 0 Å². The first kappa shape index (κ1) is 11.4. The lowest BCUT2D eigenvalue weighted by molar-refractivity contribution is -0.127. The van der Waals surface area contributed by atoms with Crippen molar-refractivity contribution >= 4 is 23.1 Å². The smallest absolute Gasteiger partial charge is 0.232 e. The Bertz CT molecular complexity index is 251. The first-order valence-electron chi connectivity index (χ1n) is 5.09. The van der Waals surface area contributed by atoms with Crippen molar-refractivity contribution in [1.82, 2.24) is 5.32 Å². The van der Waals surface area contributed by atoms with Crippen molar-refractivity contribution in [2.45, 2.75) is 33.1 Å². The van der Waals surface area contributed by atoms with Gasteiger partial charge in [0, 0.05) is 6.54 Å². The van der Waals surface area contributed by atoms with Crippen LogP contribution in [0.1, 0.15) is 33.1 Å². The van der Waals surface area contributed by atoms with Gasteiger partial charge in [0.1, 0.15) is 0 Å². The first-order chi connectivity index (χ1) is 6.50.